The van der Waals surface area contributed by atoms with Crippen LogP contribution in [-0.4, -0.2) is 23.0 Å². The van der Waals surface area contributed by atoms with E-state index in [1.54, 1.807) is 18.2 Å². The van der Waals surface area contributed by atoms with Gasteiger partial charge in [0.05, 0.1) is 17.2 Å². The Kier molecular flexibility index (Phi) is 2.71. The predicted octanol–water partition coefficient (Wildman–Crippen LogP) is 2.27. The van der Waals surface area contributed by atoms with Crippen molar-refractivity contribution in [3.05, 3.63) is 30.5 Å². The van der Waals surface area contributed by atoms with Crippen molar-refractivity contribution in [1.82, 2.24) is 9.97 Å². The summed E-state index contributed by atoms with van der Waals surface area (Å²) >= 11 is 0. The number of nitrogens with zero attached hydrogens (tertiary/aromatic N) is 2. The molecule has 0 amide bonds. The molecule has 78 valence electrons. The maximum atomic E-state index is 11.9. The van der Waals surface area contributed by atoms with E-state index in [4.69, 9.17) is 4.74 Å². The van der Waals surface area contributed by atoms with Crippen LogP contribution >= 0.6 is 0 Å². The number of benzene rings is 1. The van der Waals surface area contributed by atoms with Gasteiger partial charge in [0, 0.05) is 0 Å². The summed E-state index contributed by atoms with van der Waals surface area (Å²) in [6.45, 7) is -0.660. The number of alkyl halides is 2. The topological polar surface area (TPSA) is 35.0 Å². The fraction of sp³-hybridized carbons (Fsp3) is 0.200. The number of hydrogen-bond acceptors (Lipinski definition) is 3. The van der Waals surface area contributed by atoms with Crippen LogP contribution in [0.25, 0.3) is 11.0 Å². The van der Waals surface area contributed by atoms with Crippen molar-refractivity contribution in [2.45, 2.75) is 6.43 Å². The van der Waals surface area contributed by atoms with Gasteiger partial charge in [0.15, 0.2) is 6.61 Å². The summed E-state index contributed by atoms with van der Waals surface area (Å²) in [6.07, 6.45) is -1.16. The Morgan fingerprint density at radius 3 is 2.67 bits per heavy atom. The highest BCUT2D eigenvalue weighted by Crippen LogP contribution is 2.13. The molecule has 5 heteroatoms. The van der Waals surface area contributed by atoms with Gasteiger partial charge in [-0.05, 0) is 12.1 Å². The summed E-state index contributed by atoms with van der Waals surface area (Å²) < 4.78 is 28.5. The van der Waals surface area contributed by atoms with Gasteiger partial charge in [0.2, 0.25) is 5.88 Å². The lowest BCUT2D eigenvalue weighted by Gasteiger charge is -2.04. The van der Waals surface area contributed by atoms with E-state index in [1.165, 1.54) is 6.20 Å². The van der Waals surface area contributed by atoms with Gasteiger partial charge in [0.25, 0.3) is 6.43 Å². The van der Waals surface area contributed by atoms with Crippen molar-refractivity contribution in [3.63, 3.8) is 0 Å². The van der Waals surface area contributed by atoms with E-state index in [2.05, 4.69) is 9.97 Å². The lowest BCUT2D eigenvalue weighted by molar-refractivity contribution is 0.0796. The molecule has 0 aliphatic heterocycles. The second kappa shape index (κ2) is 4.16. The Balaban J connectivity index is 2.23. The second-order valence-corrected chi connectivity index (χ2v) is 2.90. The standard InChI is InChI=1S/C10H8F2N2O/c11-9(12)6-15-10-5-13-7-3-1-2-4-8(7)14-10/h1-5,9H,6H2. The molecule has 15 heavy (non-hydrogen) atoms. The molecule has 0 saturated heterocycles. The van der Waals surface area contributed by atoms with Crippen molar-refractivity contribution in [2.24, 2.45) is 0 Å². The Morgan fingerprint density at radius 2 is 1.93 bits per heavy atom. The minimum atomic E-state index is -2.50. The molecule has 1 aromatic heterocycles. The van der Waals surface area contributed by atoms with Crippen LogP contribution in [-0.2, 0) is 0 Å². The summed E-state index contributed by atoms with van der Waals surface area (Å²) in [5.41, 5.74) is 1.34. The van der Waals surface area contributed by atoms with Crippen molar-refractivity contribution in [3.8, 4) is 5.88 Å². The summed E-state index contributed by atoms with van der Waals surface area (Å²) in [6, 6.07) is 7.17. The summed E-state index contributed by atoms with van der Waals surface area (Å²) in [4.78, 5) is 8.06. The molecule has 0 aliphatic rings. The molecule has 0 unspecified atom stereocenters. The number of para-hydroxylation sites is 2. The third-order valence-corrected chi connectivity index (χ3v) is 1.78. The number of rotatable bonds is 3. The molecule has 0 fully saturated rings. The largest absolute Gasteiger partial charge is 0.470 e. The molecule has 2 rings (SSSR count). The van der Waals surface area contributed by atoms with Crippen LogP contribution < -0.4 is 4.74 Å². The molecule has 0 saturated carbocycles. The molecule has 1 heterocycles. The van der Waals surface area contributed by atoms with Crippen LogP contribution in [0, 0.1) is 0 Å². The molecule has 2 aromatic rings. The Hall–Kier alpha value is -1.78. The van der Waals surface area contributed by atoms with E-state index in [1.807, 2.05) is 6.07 Å². The highest BCUT2D eigenvalue weighted by Gasteiger charge is 2.05. The fourth-order valence-corrected chi connectivity index (χ4v) is 1.16. The third-order valence-electron chi connectivity index (χ3n) is 1.78. The average Bonchev–Trinajstić information content (AvgIpc) is 2.26. The fourth-order valence-electron chi connectivity index (χ4n) is 1.16. The number of hydrogen-bond donors (Lipinski definition) is 0. The van der Waals surface area contributed by atoms with E-state index in [-0.39, 0.29) is 5.88 Å². The monoisotopic (exact) mass is 210 g/mol. The normalized spacial score (nSPS) is 10.9. The zero-order chi connectivity index (χ0) is 10.7. The summed E-state index contributed by atoms with van der Waals surface area (Å²) in [5, 5.41) is 0. The number of halogens is 2. The van der Waals surface area contributed by atoms with E-state index in [0.717, 1.165) is 0 Å². The molecule has 0 radical (unpaired) electrons. The van der Waals surface area contributed by atoms with Crippen LogP contribution in [0.3, 0.4) is 0 Å². The van der Waals surface area contributed by atoms with Gasteiger partial charge < -0.3 is 4.74 Å². The van der Waals surface area contributed by atoms with Crippen LogP contribution in [0.5, 0.6) is 5.88 Å². The van der Waals surface area contributed by atoms with Crippen LogP contribution in [0.15, 0.2) is 30.5 Å². The van der Waals surface area contributed by atoms with E-state index in [0.29, 0.717) is 11.0 Å². The third kappa shape index (κ3) is 2.37. The second-order valence-electron chi connectivity index (χ2n) is 2.90. The summed E-state index contributed by atoms with van der Waals surface area (Å²) in [5.74, 6) is 0.119. The van der Waals surface area contributed by atoms with E-state index < -0.39 is 13.0 Å². The highest BCUT2D eigenvalue weighted by molar-refractivity contribution is 5.73. The minimum Gasteiger partial charge on any atom is -0.470 e. The SMILES string of the molecule is FC(F)COc1cnc2ccccc2n1. The Labute approximate surface area is 84.7 Å². The molecule has 1 aromatic carbocycles. The first-order valence-electron chi connectivity index (χ1n) is 4.38. The van der Waals surface area contributed by atoms with Gasteiger partial charge in [-0.2, -0.15) is 0 Å². The van der Waals surface area contributed by atoms with Crippen molar-refractivity contribution >= 4 is 11.0 Å². The first kappa shape index (κ1) is 9.76. The smallest absolute Gasteiger partial charge is 0.272 e. The number of aromatic nitrogens is 2. The molecular formula is C10H8F2N2O. The minimum absolute atomic E-state index is 0.119. The van der Waals surface area contributed by atoms with Crippen molar-refractivity contribution in [1.29, 1.82) is 0 Å². The molecular weight excluding hydrogens is 202 g/mol. The van der Waals surface area contributed by atoms with Gasteiger partial charge in [-0.25, -0.2) is 18.7 Å². The van der Waals surface area contributed by atoms with Gasteiger partial charge in [-0.15, -0.1) is 0 Å². The first-order chi connectivity index (χ1) is 7.25. The van der Waals surface area contributed by atoms with Crippen molar-refractivity contribution < 1.29 is 13.5 Å². The molecule has 3 nitrogen and oxygen atoms in total. The Bertz CT molecular complexity index is 462. The summed E-state index contributed by atoms with van der Waals surface area (Å²) in [7, 11) is 0. The predicted molar refractivity (Wildman–Crippen MR) is 51.0 cm³/mol. The van der Waals surface area contributed by atoms with Crippen LogP contribution in [0.2, 0.25) is 0 Å². The molecule has 0 bridgehead atoms. The molecule has 0 aliphatic carbocycles. The maximum absolute atomic E-state index is 11.9. The van der Waals surface area contributed by atoms with Crippen molar-refractivity contribution in [2.75, 3.05) is 6.61 Å². The highest BCUT2D eigenvalue weighted by atomic mass is 19.3. The zero-order valence-corrected chi connectivity index (χ0v) is 7.73. The molecule has 0 N–H and O–H groups in total. The zero-order valence-electron chi connectivity index (χ0n) is 7.73. The first-order valence-corrected chi connectivity index (χ1v) is 4.38. The van der Waals surface area contributed by atoms with E-state index >= 15 is 0 Å². The number of fused-ring (bicyclic) bond motifs is 1. The maximum Gasteiger partial charge on any atom is 0.272 e. The lowest BCUT2D eigenvalue weighted by Crippen LogP contribution is -2.08. The average molecular weight is 210 g/mol. The number of ether oxygens (including phenoxy) is 1. The lowest BCUT2D eigenvalue weighted by atomic mass is 10.3. The van der Waals surface area contributed by atoms with Gasteiger partial charge in [-0.1, -0.05) is 12.1 Å². The van der Waals surface area contributed by atoms with Gasteiger partial charge in [-0.3, -0.25) is 0 Å². The Morgan fingerprint density at radius 1 is 1.20 bits per heavy atom. The van der Waals surface area contributed by atoms with Gasteiger partial charge >= 0.3 is 0 Å². The van der Waals surface area contributed by atoms with Crippen LogP contribution in [0.1, 0.15) is 0 Å². The molecule has 0 atom stereocenters. The van der Waals surface area contributed by atoms with Crippen LogP contribution in [0.4, 0.5) is 8.78 Å². The van der Waals surface area contributed by atoms with E-state index in [9.17, 15) is 8.78 Å². The molecule has 0 spiro atoms. The quantitative estimate of drug-likeness (QED) is 0.779. The van der Waals surface area contributed by atoms with Gasteiger partial charge in [0.1, 0.15) is 0 Å².